The number of morpholine rings is 1. The Balaban J connectivity index is 1.46. The number of rotatable bonds is 5. The molecule has 0 radical (unpaired) electrons. The first-order chi connectivity index (χ1) is 15.7. The Bertz CT molecular complexity index is 1130. The Labute approximate surface area is 185 Å². The van der Waals surface area contributed by atoms with Crippen LogP contribution in [0.1, 0.15) is 17.3 Å². The van der Waals surface area contributed by atoms with Gasteiger partial charge in [0.05, 0.1) is 38.6 Å². The number of hydrogen-bond donors (Lipinski definition) is 2. The number of aromatic nitrogens is 3. The molecule has 32 heavy (non-hydrogen) atoms. The minimum atomic E-state index is -0.498. The number of ether oxygens (including phenoxy) is 2. The van der Waals surface area contributed by atoms with Crippen molar-refractivity contribution in [3.63, 3.8) is 0 Å². The lowest BCUT2D eigenvalue weighted by Crippen LogP contribution is -2.38. The van der Waals surface area contributed by atoms with Crippen molar-refractivity contribution in [3.05, 3.63) is 66.0 Å². The van der Waals surface area contributed by atoms with Crippen molar-refractivity contribution in [3.8, 4) is 0 Å². The Morgan fingerprint density at radius 3 is 2.84 bits per heavy atom. The quantitative estimate of drug-likeness (QED) is 0.628. The van der Waals surface area contributed by atoms with E-state index in [9.17, 15) is 4.79 Å². The monoisotopic (exact) mass is 435 g/mol. The van der Waals surface area contributed by atoms with Gasteiger partial charge in [-0.3, -0.25) is 5.01 Å². The van der Waals surface area contributed by atoms with Crippen LogP contribution in [0.25, 0.3) is 5.65 Å². The largest absolute Gasteiger partial charge is 0.453 e. The van der Waals surface area contributed by atoms with Gasteiger partial charge in [0, 0.05) is 31.4 Å². The highest BCUT2D eigenvalue weighted by Crippen LogP contribution is 2.27. The highest BCUT2D eigenvalue weighted by molar-refractivity contribution is 5.67. The van der Waals surface area contributed by atoms with Gasteiger partial charge in [0.2, 0.25) is 0 Å². The molecule has 1 atom stereocenters. The lowest BCUT2D eigenvalue weighted by molar-refractivity contribution is 0.122. The summed E-state index contributed by atoms with van der Waals surface area (Å²) in [6, 6.07) is 14.2. The predicted molar refractivity (Wildman–Crippen MR) is 119 cm³/mol. The predicted octanol–water partition coefficient (Wildman–Crippen LogP) is 2.00. The molecule has 1 aromatic carbocycles. The van der Waals surface area contributed by atoms with Crippen LogP contribution >= 0.6 is 0 Å². The lowest BCUT2D eigenvalue weighted by atomic mass is 10.1. The molecule has 3 aromatic rings. The number of carbonyl (C=O) groups excluding carboxylic acids is 1. The molecular weight excluding hydrogens is 410 g/mol. The number of nitrogens with zero attached hydrogens (tertiary/aromatic N) is 5. The van der Waals surface area contributed by atoms with Gasteiger partial charge in [-0.2, -0.15) is 9.61 Å². The molecule has 2 N–H and O–H groups in total. The molecular formula is C22H25N7O3. The van der Waals surface area contributed by atoms with Crippen molar-refractivity contribution in [2.75, 3.05) is 43.3 Å². The maximum Gasteiger partial charge on any atom is 0.407 e. The van der Waals surface area contributed by atoms with Crippen LogP contribution in [0.4, 0.5) is 16.4 Å². The van der Waals surface area contributed by atoms with Gasteiger partial charge in [-0.1, -0.05) is 30.3 Å². The molecule has 0 bridgehead atoms. The molecule has 0 spiro atoms. The zero-order valence-corrected chi connectivity index (χ0v) is 17.8. The van der Waals surface area contributed by atoms with Gasteiger partial charge in [0.1, 0.15) is 5.82 Å². The first-order valence-electron chi connectivity index (χ1n) is 10.5. The van der Waals surface area contributed by atoms with Crippen molar-refractivity contribution >= 4 is 23.4 Å². The number of methoxy groups -OCH3 is 1. The zero-order chi connectivity index (χ0) is 21.9. The van der Waals surface area contributed by atoms with Crippen LogP contribution < -0.4 is 20.7 Å². The molecule has 0 aliphatic carbocycles. The average Bonchev–Trinajstić information content (AvgIpc) is 3.50. The second-order valence-corrected chi connectivity index (χ2v) is 7.55. The molecule has 0 saturated carbocycles. The summed E-state index contributed by atoms with van der Waals surface area (Å²) in [7, 11) is 1.34. The first-order valence-corrected chi connectivity index (χ1v) is 10.5. The molecule has 2 aromatic heterocycles. The van der Waals surface area contributed by atoms with Crippen molar-refractivity contribution in [2.24, 2.45) is 0 Å². The number of anilines is 2. The number of amides is 1. The summed E-state index contributed by atoms with van der Waals surface area (Å²) in [4.78, 5) is 18.5. The Morgan fingerprint density at radius 2 is 2.06 bits per heavy atom. The summed E-state index contributed by atoms with van der Waals surface area (Å²) in [5, 5.41) is 9.27. The van der Waals surface area contributed by atoms with E-state index in [2.05, 4.69) is 43.7 Å². The number of alkyl carbamates (subject to hydrolysis) is 1. The Morgan fingerprint density at radius 1 is 1.25 bits per heavy atom. The van der Waals surface area contributed by atoms with E-state index in [1.54, 1.807) is 0 Å². The normalized spacial score (nSPS) is 18.3. The highest BCUT2D eigenvalue weighted by Gasteiger charge is 2.23. The Hall–Kier alpha value is -3.63. The van der Waals surface area contributed by atoms with E-state index in [0.717, 1.165) is 24.7 Å². The fourth-order valence-electron chi connectivity index (χ4n) is 3.85. The summed E-state index contributed by atoms with van der Waals surface area (Å²) < 4.78 is 12.0. The number of nitrogens with one attached hydrogen (secondary N) is 2. The minimum Gasteiger partial charge on any atom is -0.453 e. The number of benzene rings is 1. The molecule has 1 amide bonds. The van der Waals surface area contributed by atoms with Crippen LogP contribution in [0, 0.1) is 0 Å². The SMILES string of the molecule is COC(=O)NCc1cc2nc(N3C=CC(c4ccccc4)N3)cc(N3CCOCC3)n2n1. The molecule has 2 aliphatic heterocycles. The number of fused-ring (bicyclic) bond motifs is 1. The molecule has 10 nitrogen and oxygen atoms in total. The van der Waals surface area contributed by atoms with Gasteiger partial charge in [0.15, 0.2) is 11.5 Å². The molecule has 10 heteroatoms. The third kappa shape index (κ3) is 4.10. The van der Waals surface area contributed by atoms with Crippen molar-refractivity contribution < 1.29 is 14.3 Å². The van der Waals surface area contributed by atoms with E-state index in [1.165, 1.54) is 12.7 Å². The van der Waals surface area contributed by atoms with Crippen LogP contribution in [-0.2, 0) is 16.0 Å². The van der Waals surface area contributed by atoms with Crippen molar-refractivity contribution in [1.29, 1.82) is 0 Å². The summed E-state index contributed by atoms with van der Waals surface area (Å²) >= 11 is 0. The number of hydrazine groups is 1. The van der Waals surface area contributed by atoms with E-state index >= 15 is 0 Å². The smallest absolute Gasteiger partial charge is 0.407 e. The van der Waals surface area contributed by atoms with Gasteiger partial charge < -0.3 is 19.7 Å². The zero-order valence-electron chi connectivity index (χ0n) is 17.8. The second kappa shape index (κ2) is 8.85. The molecule has 1 fully saturated rings. The van der Waals surface area contributed by atoms with E-state index < -0.39 is 6.09 Å². The summed E-state index contributed by atoms with van der Waals surface area (Å²) in [6.45, 7) is 3.12. The van der Waals surface area contributed by atoms with Crippen LogP contribution in [0.15, 0.2) is 54.7 Å². The fraction of sp³-hybridized carbons (Fsp3) is 0.318. The van der Waals surface area contributed by atoms with Crippen molar-refractivity contribution in [1.82, 2.24) is 25.3 Å². The Kier molecular flexibility index (Phi) is 5.61. The summed E-state index contributed by atoms with van der Waals surface area (Å²) in [6.07, 6.45) is 3.61. The van der Waals surface area contributed by atoms with E-state index in [1.807, 2.05) is 46.1 Å². The molecule has 4 heterocycles. The second-order valence-electron chi connectivity index (χ2n) is 7.55. The van der Waals surface area contributed by atoms with Gasteiger partial charge in [-0.05, 0) is 11.6 Å². The maximum absolute atomic E-state index is 11.5. The van der Waals surface area contributed by atoms with Gasteiger partial charge in [-0.15, -0.1) is 0 Å². The topological polar surface area (TPSA) is 96.3 Å². The first kappa shape index (κ1) is 20.3. The van der Waals surface area contributed by atoms with Crippen molar-refractivity contribution in [2.45, 2.75) is 12.6 Å². The molecule has 2 aliphatic rings. The van der Waals surface area contributed by atoms with E-state index in [4.69, 9.17) is 9.72 Å². The van der Waals surface area contributed by atoms with E-state index in [0.29, 0.717) is 24.6 Å². The fourth-order valence-corrected chi connectivity index (χ4v) is 3.85. The lowest BCUT2D eigenvalue weighted by Gasteiger charge is -2.29. The van der Waals surface area contributed by atoms with Crippen LogP contribution in [0.2, 0.25) is 0 Å². The molecule has 1 saturated heterocycles. The molecule has 166 valence electrons. The van der Waals surface area contributed by atoms with Crippen LogP contribution in [-0.4, -0.2) is 54.1 Å². The third-order valence-electron chi connectivity index (χ3n) is 5.49. The van der Waals surface area contributed by atoms with Crippen LogP contribution in [0.5, 0.6) is 0 Å². The number of carbonyl (C=O) groups is 1. The summed E-state index contributed by atoms with van der Waals surface area (Å²) in [5.74, 6) is 1.69. The van der Waals surface area contributed by atoms with E-state index in [-0.39, 0.29) is 12.6 Å². The molecule has 1 unspecified atom stereocenters. The van der Waals surface area contributed by atoms with Gasteiger partial charge in [-0.25, -0.2) is 15.2 Å². The number of hydrogen-bond acceptors (Lipinski definition) is 8. The average molecular weight is 435 g/mol. The highest BCUT2D eigenvalue weighted by atomic mass is 16.5. The summed E-state index contributed by atoms with van der Waals surface area (Å²) in [5.41, 5.74) is 6.06. The maximum atomic E-state index is 11.5. The third-order valence-corrected chi connectivity index (χ3v) is 5.49. The molecule has 5 rings (SSSR count). The van der Waals surface area contributed by atoms with Crippen LogP contribution in [0.3, 0.4) is 0 Å². The minimum absolute atomic E-state index is 0.0748. The standard InChI is InChI=1S/C22H25N7O3/c1-31-22(30)23-15-17-13-20-24-19(14-21(29(20)25-17)27-9-11-32-12-10-27)28-8-7-18(26-28)16-5-3-2-4-6-16/h2-8,13-14,18,26H,9-12,15H2,1H3,(H,23,30). The van der Waals surface area contributed by atoms with Gasteiger partial charge >= 0.3 is 6.09 Å². The van der Waals surface area contributed by atoms with Gasteiger partial charge in [0.25, 0.3) is 0 Å².